The first-order valence-electron chi connectivity index (χ1n) is 11.7. The van der Waals surface area contributed by atoms with E-state index in [1.807, 2.05) is 13.0 Å². The van der Waals surface area contributed by atoms with Crippen LogP contribution in [0.5, 0.6) is 0 Å². The first kappa shape index (κ1) is 27.8. The van der Waals surface area contributed by atoms with Gasteiger partial charge in [0, 0.05) is 49.7 Å². The fraction of sp³-hybridized carbons (Fsp3) is 0.161. The van der Waals surface area contributed by atoms with E-state index in [1.165, 1.54) is 28.8 Å². The van der Waals surface area contributed by atoms with Gasteiger partial charge in [-0.25, -0.2) is 0 Å². The zero-order valence-electron chi connectivity index (χ0n) is 20.2. The predicted octanol–water partition coefficient (Wildman–Crippen LogP) is 7.92. The van der Waals surface area contributed by atoms with Crippen molar-refractivity contribution in [1.82, 2.24) is 0 Å². The van der Waals surface area contributed by atoms with Gasteiger partial charge in [0.05, 0.1) is 7.05 Å². The van der Waals surface area contributed by atoms with Crippen LogP contribution in [-0.4, -0.2) is 0 Å². The summed E-state index contributed by atoms with van der Waals surface area (Å²) in [5.74, 6) is 0. The minimum absolute atomic E-state index is 0. The van der Waals surface area contributed by atoms with E-state index in [-0.39, 0.29) is 21.7 Å². The van der Waals surface area contributed by atoms with E-state index in [1.54, 1.807) is 0 Å². The standard InChI is InChI=1S/C23H20NP.C8H14.Ti/c1-4-14-21(15-5-1)25(22-16-6-2-7-17-22,23-18-8-3-9-19-23)24-20-12-10-11-13-20;1-3-5-7-8-6-4-2;/h1-12,14-19H,13H2;3,5,7-8H,4,6H2,1-2H3;. The van der Waals surface area contributed by atoms with E-state index in [4.69, 9.17) is 4.74 Å². The molecule has 1 aliphatic carbocycles. The quantitative estimate of drug-likeness (QED) is 0.178. The second-order valence-corrected chi connectivity index (χ2v) is 10.8. The fourth-order valence-electron chi connectivity index (χ4n) is 3.71. The maximum Gasteiger partial charge on any atom is 0.0608 e. The van der Waals surface area contributed by atoms with Gasteiger partial charge < -0.3 is 0 Å². The molecule has 0 spiro atoms. The molecule has 0 bridgehead atoms. The minimum atomic E-state index is -2.09. The summed E-state index contributed by atoms with van der Waals surface area (Å²) in [6.07, 6.45) is 18.1. The Bertz CT molecular complexity index is 1040. The third-order valence-electron chi connectivity index (χ3n) is 5.31. The third kappa shape index (κ3) is 7.54. The van der Waals surface area contributed by atoms with Gasteiger partial charge in [-0.2, -0.15) is 0 Å². The molecule has 3 heteroatoms. The molecule has 1 nitrogen and oxygen atoms in total. The summed E-state index contributed by atoms with van der Waals surface area (Å²) in [4.78, 5) is 0. The fourth-order valence-corrected chi connectivity index (χ4v) is 7.29. The summed E-state index contributed by atoms with van der Waals surface area (Å²) in [7, 11) is -2.09. The minimum Gasteiger partial charge on any atom is -0.258 e. The summed E-state index contributed by atoms with van der Waals surface area (Å²) in [5, 5.41) is 3.88. The SMILES string of the molecule is C1=CCC(N=P(c2ccccc2)(c2ccccc2)c2ccccc2)=C1.CC=CC=CCCC.[Ti]. The Morgan fingerprint density at radius 1 is 0.765 bits per heavy atom. The Kier molecular flexibility index (Phi) is 12.6. The summed E-state index contributed by atoms with van der Waals surface area (Å²) < 4.78 is 5.43. The van der Waals surface area contributed by atoms with Crippen molar-refractivity contribution >= 4 is 23.0 Å². The van der Waals surface area contributed by atoms with Crippen molar-refractivity contribution in [1.29, 1.82) is 0 Å². The number of unbranched alkanes of at least 4 members (excludes halogenated alkanes) is 1. The molecule has 4 rings (SSSR count). The summed E-state index contributed by atoms with van der Waals surface area (Å²) >= 11 is 0. The first-order valence-corrected chi connectivity index (χ1v) is 13.5. The Morgan fingerprint density at radius 3 is 1.65 bits per heavy atom. The molecule has 0 N–H and O–H groups in total. The van der Waals surface area contributed by atoms with Crippen LogP contribution < -0.4 is 15.9 Å². The molecular formula is C31H34NPTi. The van der Waals surface area contributed by atoms with Gasteiger partial charge in [-0.15, -0.1) is 0 Å². The van der Waals surface area contributed by atoms with Gasteiger partial charge in [-0.1, -0.05) is 141 Å². The molecule has 172 valence electrons. The number of nitrogens with zero attached hydrogens (tertiary/aromatic N) is 1. The van der Waals surface area contributed by atoms with Crippen LogP contribution in [0.15, 0.2) is 144 Å². The molecule has 3 aromatic rings. The monoisotopic (exact) mass is 499 g/mol. The number of allylic oxidation sites excluding steroid dienone is 7. The Labute approximate surface area is 221 Å². The van der Waals surface area contributed by atoms with Crippen LogP contribution >= 0.6 is 7.05 Å². The summed E-state index contributed by atoms with van der Waals surface area (Å²) in [6.45, 7) is 4.20. The van der Waals surface area contributed by atoms with Crippen LogP contribution in [0.4, 0.5) is 0 Å². The second kappa shape index (κ2) is 15.5. The average molecular weight is 499 g/mol. The topological polar surface area (TPSA) is 12.4 Å². The molecule has 0 atom stereocenters. The van der Waals surface area contributed by atoms with Gasteiger partial charge in [-0.3, -0.25) is 4.74 Å². The van der Waals surface area contributed by atoms with E-state index >= 15 is 0 Å². The van der Waals surface area contributed by atoms with E-state index in [9.17, 15) is 0 Å². The number of hydrogen-bond acceptors (Lipinski definition) is 1. The molecule has 34 heavy (non-hydrogen) atoms. The van der Waals surface area contributed by atoms with Crippen LogP contribution in [0.1, 0.15) is 33.1 Å². The predicted molar refractivity (Wildman–Crippen MR) is 148 cm³/mol. The Balaban J connectivity index is 0.000000394. The smallest absolute Gasteiger partial charge is 0.0608 e. The first-order chi connectivity index (χ1) is 16.3. The summed E-state index contributed by atoms with van der Waals surface area (Å²) in [6, 6.07) is 32.3. The second-order valence-electron chi connectivity index (χ2n) is 7.77. The van der Waals surface area contributed by atoms with E-state index in [2.05, 4.69) is 134 Å². The molecule has 1 aliphatic rings. The van der Waals surface area contributed by atoms with Crippen LogP contribution in [0.2, 0.25) is 0 Å². The summed E-state index contributed by atoms with van der Waals surface area (Å²) in [5.41, 5.74) is 1.16. The molecule has 0 aliphatic heterocycles. The van der Waals surface area contributed by atoms with Crippen LogP contribution in [-0.2, 0) is 21.7 Å². The molecule has 0 amide bonds. The van der Waals surface area contributed by atoms with Crippen LogP contribution in [0, 0.1) is 0 Å². The van der Waals surface area contributed by atoms with E-state index < -0.39 is 7.05 Å². The largest absolute Gasteiger partial charge is 0.258 e. The Morgan fingerprint density at radius 2 is 1.26 bits per heavy atom. The van der Waals surface area contributed by atoms with Crippen LogP contribution in [0.3, 0.4) is 0 Å². The number of hydrogen-bond donors (Lipinski definition) is 0. The molecule has 0 fully saturated rings. The van der Waals surface area contributed by atoms with Gasteiger partial charge in [-0.05, 0) is 19.4 Å². The number of benzene rings is 3. The number of rotatable bonds is 7. The zero-order chi connectivity index (χ0) is 23.2. The van der Waals surface area contributed by atoms with Crippen molar-refractivity contribution < 1.29 is 21.7 Å². The maximum absolute atomic E-state index is 5.43. The zero-order valence-corrected chi connectivity index (χ0v) is 22.7. The van der Waals surface area contributed by atoms with Crippen molar-refractivity contribution in [3.63, 3.8) is 0 Å². The molecule has 0 aromatic heterocycles. The van der Waals surface area contributed by atoms with Gasteiger partial charge in [0.25, 0.3) is 0 Å². The van der Waals surface area contributed by atoms with Gasteiger partial charge in [0.1, 0.15) is 0 Å². The maximum atomic E-state index is 5.43. The molecule has 3 aromatic carbocycles. The molecule has 0 unspecified atom stereocenters. The van der Waals surface area contributed by atoms with Gasteiger partial charge >= 0.3 is 0 Å². The van der Waals surface area contributed by atoms with Crippen molar-refractivity contribution in [2.45, 2.75) is 33.1 Å². The average Bonchev–Trinajstić information content (AvgIpc) is 3.40. The Hall–Kier alpha value is -2.44. The van der Waals surface area contributed by atoms with Crippen molar-refractivity contribution in [2.75, 3.05) is 0 Å². The van der Waals surface area contributed by atoms with Gasteiger partial charge in [0.15, 0.2) is 0 Å². The normalized spacial score (nSPS) is 12.7. The van der Waals surface area contributed by atoms with E-state index in [0.29, 0.717) is 0 Å². The third-order valence-corrected chi connectivity index (χ3v) is 9.01. The van der Waals surface area contributed by atoms with Crippen molar-refractivity contribution in [3.8, 4) is 0 Å². The van der Waals surface area contributed by atoms with Crippen LogP contribution in [0.25, 0.3) is 0 Å². The molecule has 0 saturated heterocycles. The molecule has 0 saturated carbocycles. The van der Waals surface area contributed by atoms with E-state index in [0.717, 1.165) is 12.1 Å². The molecule has 0 radical (unpaired) electrons. The van der Waals surface area contributed by atoms with Gasteiger partial charge in [0.2, 0.25) is 0 Å². The molecule has 0 heterocycles. The van der Waals surface area contributed by atoms with Crippen molar-refractivity contribution in [3.05, 3.63) is 139 Å². The molecular weight excluding hydrogens is 465 g/mol. The van der Waals surface area contributed by atoms with Crippen molar-refractivity contribution in [2.24, 2.45) is 4.74 Å².